The van der Waals surface area contributed by atoms with Crippen LogP contribution >= 0.6 is 15.9 Å². The largest absolute Gasteiger partial charge is 0.497 e. The predicted octanol–water partition coefficient (Wildman–Crippen LogP) is 3.64. The smallest absolute Gasteiger partial charge is 0.248 e. The van der Waals surface area contributed by atoms with E-state index in [1.807, 2.05) is 30.3 Å². The number of anilines is 1. The number of halogens is 2. The Balaban J connectivity index is 1.81. The molecule has 0 aliphatic carbocycles. The molecule has 1 atom stereocenters. The second-order valence-electron chi connectivity index (χ2n) is 5.49. The SMILES string of the molecule is COc1ccc(C2=C[C@H](c3cc(Br)ccc3F)n3nnnc3N2)cc1. The third kappa shape index (κ3) is 2.89. The fourth-order valence-electron chi connectivity index (χ4n) is 2.76. The van der Waals surface area contributed by atoms with Gasteiger partial charge in [0.25, 0.3) is 0 Å². The lowest BCUT2D eigenvalue weighted by molar-refractivity contribution is 0.415. The zero-order valence-electron chi connectivity index (χ0n) is 13.1. The van der Waals surface area contributed by atoms with Crippen LogP contribution in [0.1, 0.15) is 17.2 Å². The Morgan fingerprint density at radius 2 is 2.00 bits per heavy atom. The number of nitrogens with zero attached hydrogens (tertiary/aromatic N) is 4. The van der Waals surface area contributed by atoms with Crippen molar-refractivity contribution in [2.45, 2.75) is 6.04 Å². The second kappa shape index (κ2) is 6.29. The number of aromatic nitrogens is 4. The highest BCUT2D eigenvalue weighted by atomic mass is 79.9. The van der Waals surface area contributed by atoms with E-state index in [9.17, 15) is 4.39 Å². The number of tetrazole rings is 1. The maximum atomic E-state index is 14.4. The number of ether oxygens (including phenoxy) is 1. The van der Waals surface area contributed by atoms with Crippen molar-refractivity contribution in [3.05, 3.63) is 70.0 Å². The minimum atomic E-state index is -0.458. The van der Waals surface area contributed by atoms with Gasteiger partial charge in [-0.15, -0.1) is 0 Å². The van der Waals surface area contributed by atoms with Gasteiger partial charge in [0.15, 0.2) is 0 Å². The van der Waals surface area contributed by atoms with E-state index in [4.69, 9.17) is 4.74 Å². The third-order valence-corrected chi connectivity index (χ3v) is 4.50. The predicted molar refractivity (Wildman–Crippen MR) is 94.6 cm³/mol. The number of hydrogen-bond donors (Lipinski definition) is 1. The maximum absolute atomic E-state index is 14.4. The molecule has 0 saturated heterocycles. The Morgan fingerprint density at radius 3 is 2.76 bits per heavy atom. The van der Waals surface area contributed by atoms with Crippen LogP contribution in [0.3, 0.4) is 0 Å². The fourth-order valence-corrected chi connectivity index (χ4v) is 3.13. The number of hydrogen-bond acceptors (Lipinski definition) is 5. The Bertz CT molecular complexity index is 954. The van der Waals surface area contributed by atoms with Crippen LogP contribution < -0.4 is 10.1 Å². The minimum Gasteiger partial charge on any atom is -0.497 e. The Morgan fingerprint density at radius 1 is 1.20 bits per heavy atom. The monoisotopic (exact) mass is 401 g/mol. The first-order chi connectivity index (χ1) is 12.2. The molecule has 1 aromatic heterocycles. The van der Waals surface area contributed by atoms with Crippen LogP contribution in [-0.4, -0.2) is 27.3 Å². The summed E-state index contributed by atoms with van der Waals surface area (Å²) < 4.78 is 21.9. The van der Waals surface area contributed by atoms with Crippen LogP contribution in [0.5, 0.6) is 5.75 Å². The van der Waals surface area contributed by atoms with Crippen LogP contribution in [-0.2, 0) is 0 Å². The molecular formula is C17H13BrFN5O. The lowest BCUT2D eigenvalue weighted by Gasteiger charge is -2.24. The molecule has 0 amide bonds. The van der Waals surface area contributed by atoms with Crippen LogP contribution in [0.25, 0.3) is 5.70 Å². The molecule has 0 fully saturated rings. The summed E-state index contributed by atoms with van der Waals surface area (Å²) >= 11 is 3.39. The van der Waals surface area contributed by atoms with E-state index in [2.05, 4.69) is 36.8 Å². The van der Waals surface area contributed by atoms with Gasteiger partial charge in [-0.1, -0.05) is 21.0 Å². The summed E-state index contributed by atoms with van der Waals surface area (Å²) in [7, 11) is 1.62. The van der Waals surface area contributed by atoms with Crippen molar-refractivity contribution in [3.8, 4) is 5.75 Å². The summed E-state index contributed by atoms with van der Waals surface area (Å²) in [4.78, 5) is 0. The molecule has 0 radical (unpaired) electrons. The summed E-state index contributed by atoms with van der Waals surface area (Å²) in [5.74, 6) is 0.902. The zero-order valence-corrected chi connectivity index (χ0v) is 14.7. The first-order valence-electron chi connectivity index (χ1n) is 7.52. The van der Waals surface area contributed by atoms with Crippen LogP contribution in [0.15, 0.2) is 53.0 Å². The molecule has 0 bridgehead atoms. The van der Waals surface area contributed by atoms with Crippen LogP contribution in [0.2, 0.25) is 0 Å². The standard InChI is InChI=1S/C17H13BrFN5O/c1-25-12-5-2-10(3-6-12)15-9-16(24-17(20-15)21-22-23-24)13-8-11(18)4-7-14(13)19/h2-9,16H,1H3,(H,20,21,23)/t16-/m1/s1. The van der Waals surface area contributed by atoms with Gasteiger partial charge >= 0.3 is 0 Å². The fraction of sp³-hybridized carbons (Fsp3) is 0.118. The van der Waals surface area contributed by atoms with Crippen LogP contribution in [0.4, 0.5) is 10.3 Å². The van der Waals surface area contributed by atoms with Gasteiger partial charge in [0.1, 0.15) is 17.6 Å². The maximum Gasteiger partial charge on any atom is 0.248 e. The van der Waals surface area contributed by atoms with Crippen molar-refractivity contribution in [1.82, 2.24) is 20.2 Å². The highest BCUT2D eigenvalue weighted by Gasteiger charge is 2.26. The van der Waals surface area contributed by atoms with Gasteiger partial charge in [0, 0.05) is 15.7 Å². The van der Waals surface area contributed by atoms with Crippen molar-refractivity contribution in [2.24, 2.45) is 0 Å². The minimum absolute atomic E-state index is 0.318. The highest BCUT2D eigenvalue weighted by molar-refractivity contribution is 9.10. The molecule has 1 aliphatic heterocycles. The van der Waals surface area contributed by atoms with Gasteiger partial charge in [-0.2, -0.15) is 4.68 Å². The molecule has 126 valence electrons. The average molecular weight is 402 g/mol. The number of methoxy groups -OCH3 is 1. The van der Waals surface area contributed by atoms with Gasteiger partial charge in [-0.05, 0) is 64.5 Å². The number of nitrogens with one attached hydrogen (secondary N) is 1. The Hall–Kier alpha value is -2.74. The molecule has 25 heavy (non-hydrogen) atoms. The van der Waals surface area contributed by atoms with E-state index in [0.717, 1.165) is 21.5 Å². The number of allylic oxidation sites excluding steroid dienone is 1. The molecule has 1 N–H and O–H groups in total. The normalized spacial score (nSPS) is 16.0. The topological polar surface area (TPSA) is 64.9 Å². The van der Waals surface area contributed by atoms with E-state index in [1.54, 1.807) is 23.9 Å². The van der Waals surface area contributed by atoms with Crippen molar-refractivity contribution in [2.75, 3.05) is 12.4 Å². The number of fused-ring (bicyclic) bond motifs is 1. The number of benzene rings is 2. The molecule has 6 nitrogen and oxygen atoms in total. The Kier molecular flexibility index (Phi) is 3.96. The summed E-state index contributed by atoms with van der Waals surface area (Å²) in [5, 5.41) is 14.9. The molecule has 1 aliphatic rings. The van der Waals surface area contributed by atoms with Crippen molar-refractivity contribution in [3.63, 3.8) is 0 Å². The highest BCUT2D eigenvalue weighted by Crippen LogP contribution is 2.34. The molecular weight excluding hydrogens is 389 g/mol. The van der Waals surface area contributed by atoms with Crippen LogP contribution in [0, 0.1) is 5.82 Å². The van der Waals surface area contributed by atoms with E-state index < -0.39 is 6.04 Å². The van der Waals surface area contributed by atoms with E-state index in [-0.39, 0.29) is 5.82 Å². The first kappa shape index (κ1) is 15.8. The molecule has 2 heterocycles. The summed E-state index contributed by atoms with van der Waals surface area (Å²) in [6.07, 6.45) is 1.90. The lowest BCUT2D eigenvalue weighted by Crippen LogP contribution is -2.21. The van der Waals surface area contributed by atoms with Gasteiger partial charge in [-0.3, -0.25) is 0 Å². The van der Waals surface area contributed by atoms with Crippen molar-refractivity contribution >= 4 is 27.6 Å². The van der Waals surface area contributed by atoms with Crippen molar-refractivity contribution in [1.29, 1.82) is 0 Å². The second-order valence-corrected chi connectivity index (χ2v) is 6.41. The molecule has 0 spiro atoms. The zero-order chi connectivity index (χ0) is 17.4. The molecule has 4 rings (SSSR count). The van der Waals surface area contributed by atoms with E-state index in [0.29, 0.717) is 11.5 Å². The quantitative estimate of drug-likeness (QED) is 0.725. The Labute approximate surface area is 151 Å². The molecule has 0 unspecified atom stereocenters. The summed E-state index contributed by atoms with van der Waals surface area (Å²) in [5.41, 5.74) is 2.21. The molecule has 3 aromatic rings. The van der Waals surface area contributed by atoms with E-state index in [1.165, 1.54) is 6.07 Å². The van der Waals surface area contributed by atoms with E-state index >= 15 is 0 Å². The summed E-state index contributed by atoms with van der Waals surface area (Å²) in [6, 6.07) is 11.9. The van der Waals surface area contributed by atoms with Gasteiger partial charge in [0.2, 0.25) is 5.95 Å². The molecule has 8 heteroatoms. The van der Waals surface area contributed by atoms with Crippen molar-refractivity contribution < 1.29 is 9.13 Å². The number of rotatable bonds is 3. The summed E-state index contributed by atoms with van der Waals surface area (Å²) in [6.45, 7) is 0. The molecule has 0 saturated carbocycles. The van der Waals surface area contributed by atoms with Gasteiger partial charge in [-0.25, -0.2) is 4.39 Å². The first-order valence-corrected chi connectivity index (χ1v) is 8.31. The van der Waals surface area contributed by atoms with Gasteiger partial charge in [0.05, 0.1) is 7.11 Å². The molecule has 2 aromatic carbocycles. The average Bonchev–Trinajstić information content (AvgIpc) is 3.12. The third-order valence-electron chi connectivity index (χ3n) is 4.01. The van der Waals surface area contributed by atoms with Gasteiger partial charge < -0.3 is 10.1 Å². The lowest BCUT2D eigenvalue weighted by atomic mass is 10.0.